The topological polar surface area (TPSA) is 29.1 Å². The molecule has 1 unspecified atom stereocenters. The zero-order valence-corrected chi connectivity index (χ0v) is 9.78. The quantitative estimate of drug-likeness (QED) is 0.815. The summed E-state index contributed by atoms with van der Waals surface area (Å²) in [6.07, 6.45) is 0.898. The smallest absolute Gasteiger partial charge is 0.223 e. The molecule has 1 aromatic heterocycles. The van der Waals surface area contributed by atoms with E-state index in [1.807, 2.05) is 13.8 Å². The molecule has 0 aliphatic carbocycles. The van der Waals surface area contributed by atoms with Gasteiger partial charge in [0.2, 0.25) is 5.91 Å². The molecule has 0 saturated heterocycles. The summed E-state index contributed by atoms with van der Waals surface area (Å²) in [6.45, 7) is 6.73. The number of thiophene rings is 1. The van der Waals surface area contributed by atoms with Gasteiger partial charge in [0, 0.05) is 10.8 Å². The van der Waals surface area contributed by atoms with Crippen LogP contribution in [0.25, 0.3) is 0 Å². The Hall–Kier alpha value is -0.830. The minimum atomic E-state index is 0.121. The van der Waals surface area contributed by atoms with Crippen molar-refractivity contribution in [2.45, 2.75) is 33.7 Å². The van der Waals surface area contributed by atoms with Crippen molar-refractivity contribution in [3.8, 4) is 0 Å². The summed E-state index contributed by atoms with van der Waals surface area (Å²) >= 11 is 1.70. The molecule has 1 aromatic rings. The Labute approximate surface area is 89.3 Å². The molecule has 0 spiro atoms. The normalized spacial score (nSPS) is 12.5. The number of nitrogens with one attached hydrogen (secondary N) is 1. The zero-order chi connectivity index (χ0) is 10.6. The highest BCUT2D eigenvalue weighted by molar-refractivity contribution is 7.10. The Bertz CT molecular complexity index is 306. The lowest BCUT2D eigenvalue weighted by Gasteiger charge is -2.09. The molecular weight excluding hydrogens is 194 g/mol. The average Bonchev–Trinajstić information content (AvgIpc) is 2.59. The maximum Gasteiger partial charge on any atom is 0.223 e. The number of amides is 1. The van der Waals surface area contributed by atoms with Gasteiger partial charge in [0.25, 0.3) is 0 Å². The summed E-state index contributed by atoms with van der Waals surface area (Å²) in [5, 5.41) is 5.00. The van der Waals surface area contributed by atoms with Crippen LogP contribution in [0.1, 0.15) is 30.7 Å². The van der Waals surface area contributed by atoms with Crippen LogP contribution in [0.5, 0.6) is 0 Å². The Morgan fingerprint density at radius 2 is 2.36 bits per heavy atom. The van der Waals surface area contributed by atoms with E-state index < -0.39 is 0 Å². The first-order chi connectivity index (χ1) is 6.65. The van der Waals surface area contributed by atoms with Crippen molar-refractivity contribution in [3.63, 3.8) is 0 Å². The summed E-state index contributed by atoms with van der Waals surface area (Å²) in [4.78, 5) is 12.7. The van der Waals surface area contributed by atoms with Crippen molar-refractivity contribution in [1.82, 2.24) is 5.32 Å². The van der Waals surface area contributed by atoms with E-state index in [1.54, 1.807) is 11.3 Å². The number of carbonyl (C=O) groups is 1. The predicted molar refractivity (Wildman–Crippen MR) is 60.4 cm³/mol. The number of carbonyl (C=O) groups excluding carboxylic acids is 1. The van der Waals surface area contributed by atoms with Gasteiger partial charge in [-0.2, -0.15) is 0 Å². The Kier molecular flexibility index (Phi) is 4.14. The SMILES string of the molecule is CCC(C)C(=O)NCc1sccc1C. The molecule has 0 aliphatic rings. The minimum absolute atomic E-state index is 0.121. The summed E-state index contributed by atoms with van der Waals surface area (Å²) in [5.74, 6) is 0.274. The highest BCUT2D eigenvalue weighted by Gasteiger charge is 2.10. The van der Waals surface area contributed by atoms with Gasteiger partial charge in [-0.25, -0.2) is 0 Å². The molecule has 0 fully saturated rings. The first kappa shape index (κ1) is 11.2. The van der Waals surface area contributed by atoms with E-state index in [1.165, 1.54) is 10.4 Å². The molecule has 1 heterocycles. The van der Waals surface area contributed by atoms with E-state index in [-0.39, 0.29) is 11.8 Å². The molecule has 78 valence electrons. The lowest BCUT2D eigenvalue weighted by molar-refractivity contribution is -0.124. The second-order valence-electron chi connectivity index (χ2n) is 3.55. The summed E-state index contributed by atoms with van der Waals surface area (Å²) in [5.41, 5.74) is 1.26. The fourth-order valence-electron chi connectivity index (χ4n) is 1.11. The van der Waals surface area contributed by atoms with Gasteiger partial charge in [0.15, 0.2) is 0 Å². The second-order valence-corrected chi connectivity index (χ2v) is 4.55. The van der Waals surface area contributed by atoms with E-state index in [4.69, 9.17) is 0 Å². The summed E-state index contributed by atoms with van der Waals surface area (Å²) in [7, 11) is 0. The summed E-state index contributed by atoms with van der Waals surface area (Å²) < 4.78 is 0. The number of hydrogen-bond donors (Lipinski definition) is 1. The van der Waals surface area contributed by atoms with Crippen LogP contribution in [-0.4, -0.2) is 5.91 Å². The van der Waals surface area contributed by atoms with Crippen LogP contribution in [0.3, 0.4) is 0 Å². The van der Waals surface area contributed by atoms with Crippen LogP contribution in [0.2, 0.25) is 0 Å². The lowest BCUT2D eigenvalue weighted by Crippen LogP contribution is -2.28. The van der Waals surface area contributed by atoms with Crippen LogP contribution in [-0.2, 0) is 11.3 Å². The number of rotatable bonds is 4. The third-order valence-corrected chi connectivity index (χ3v) is 3.47. The molecule has 1 atom stereocenters. The van der Waals surface area contributed by atoms with Crippen molar-refractivity contribution in [1.29, 1.82) is 0 Å². The van der Waals surface area contributed by atoms with E-state index in [2.05, 4.69) is 23.7 Å². The third-order valence-electron chi connectivity index (χ3n) is 2.45. The van der Waals surface area contributed by atoms with Crippen LogP contribution < -0.4 is 5.32 Å². The molecule has 0 saturated carbocycles. The summed E-state index contributed by atoms with van der Waals surface area (Å²) in [6, 6.07) is 2.08. The van der Waals surface area contributed by atoms with Gasteiger partial charge in [0.1, 0.15) is 0 Å². The van der Waals surface area contributed by atoms with Crippen molar-refractivity contribution in [3.05, 3.63) is 21.9 Å². The molecule has 3 heteroatoms. The van der Waals surface area contributed by atoms with Crippen LogP contribution in [0.4, 0.5) is 0 Å². The highest BCUT2D eigenvalue weighted by atomic mass is 32.1. The van der Waals surface area contributed by atoms with Crippen molar-refractivity contribution < 1.29 is 4.79 Å². The van der Waals surface area contributed by atoms with Gasteiger partial charge in [-0.05, 0) is 30.4 Å². The standard InChI is InChI=1S/C11H17NOS/c1-4-8(2)11(13)12-7-10-9(3)5-6-14-10/h5-6,8H,4,7H2,1-3H3,(H,12,13). The van der Waals surface area contributed by atoms with Gasteiger partial charge in [-0.15, -0.1) is 11.3 Å². The molecule has 0 aromatic carbocycles. The van der Waals surface area contributed by atoms with Gasteiger partial charge in [-0.1, -0.05) is 13.8 Å². The maximum atomic E-state index is 11.5. The highest BCUT2D eigenvalue weighted by Crippen LogP contribution is 2.15. The Balaban J connectivity index is 2.41. The van der Waals surface area contributed by atoms with Crippen LogP contribution >= 0.6 is 11.3 Å². The Morgan fingerprint density at radius 3 is 2.86 bits per heavy atom. The molecule has 2 nitrogen and oxygen atoms in total. The van der Waals surface area contributed by atoms with Gasteiger partial charge < -0.3 is 5.32 Å². The van der Waals surface area contributed by atoms with Gasteiger partial charge >= 0.3 is 0 Å². The van der Waals surface area contributed by atoms with Crippen molar-refractivity contribution in [2.75, 3.05) is 0 Å². The predicted octanol–water partition coefficient (Wildman–Crippen LogP) is 2.72. The monoisotopic (exact) mass is 211 g/mol. The fourth-order valence-corrected chi connectivity index (χ4v) is 1.96. The molecule has 1 N–H and O–H groups in total. The van der Waals surface area contributed by atoms with Crippen molar-refractivity contribution in [2.24, 2.45) is 5.92 Å². The van der Waals surface area contributed by atoms with Crippen molar-refractivity contribution >= 4 is 17.2 Å². The van der Waals surface area contributed by atoms with E-state index >= 15 is 0 Å². The Morgan fingerprint density at radius 1 is 1.64 bits per heavy atom. The van der Waals surface area contributed by atoms with Gasteiger partial charge in [-0.3, -0.25) is 4.79 Å². The van der Waals surface area contributed by atoms with Crippen LogP contribution in [0, 0.1) is 12.8 Å². The molecule has 0 radical (unpaired) electrons. The number of hydrogen-bond acceptors (Lipinski definition) is 2. The third kappa shape index (κ3) is 2.84. The average molecular weight is 211 g/mol. The lowest BCUT2D eigenvalue weighted by atomic mass is 10.1. The van der Waals surface area contributed by atoms with Gasteiger partial charge in [0.05, 0.1) is 6.54 Å². The largest absolute Gasteiger partial charge is 0.351 e. The second kappa shape index (κ2) is 5.15. The molecule has 0 bridgehead atoms. The minimum Gasteiger partial charge on any atom is -0.351 e. The molecule has 0 aliphatic heterocycles. The molecule has 1 amide bonds. The molecule has 1 rings (SSSR count). The fraction of sp³-hybridized carbons (Fsp3) is 0.545. The first-order valence-electron chi connectivity index (χ1n) is 4.95. The zero-order valence-electron chi connectivity index (χ0n) is 8.96. The van der Waals surface area contributed by atoms with Crippen LogP contribution in [0.15, 0.2) is 11.4 Å². The number of aryl methyl sites for hydroxylation is 1. The first-order valence-corrected chi connectivity index (χ1v) is 5.83. The maximum absolute atomic E-state index is 11.5. The molecular formula is C11H17NOS. The van der Waals surface area contributed by atoms with E-state index in [0.29, 0.717) is 6.54 Å². The van der Waals surface area contributed by atoms with E-state index in [9.17, 15) is 4.79 Å². The molecule has 14 heavy (non-hydrogen) atoms. The van der Waals surface area contributed by atoms with E-state index in [0.717, 1.165) is 6.42 Å².